The summed E-state index contributed by atoms with van der Waals surface area (Å²) in [5.41, 5.74) is 2.88. The molecule has 0 unspecified atom stereocenters. The number of benzene rings is 1. The lowest BCUT2D eigenvalue weighted by molar-refractivity contribution is 0.112. The summed E-state index contributed by atoms with van der Waals surface area (Å²) < 4.78 is 5.26. The van der Waals surface area contributed by atoms with E-state index in [-0.39, 0.29) is 0 Å². The second-order valence-corrected chi connectivity index (χ2v) is 5.98. The molecule has 2 aromatic rings. The Morgan fingerprint density at radius 3 is 2.71 bits per heavy atom. The normalized spacial score (nSPS) is 22.3. The fourth-order valence-electron chi connectivity index (χ4n) is 3.32. The van der Waals surface area contributed by atoms with Crippen LogP contribution in [0.15, 0.2) is 30.3 Å². The Morgan fingerprint density at radius 1 is 1.19 bits per heavy atom. The average molecular weight is 283 g/mol. The lowest BCUT2D eigenvalue weighted by Crippen LogP contribution is -2.17. The van der Waals surface area contributed by atoms with Gasteiger partial charge in [0.15, 0.2) is 0 Å². The van der Waals surface area contributed by atoms with Crippen molar-refractivity contribution < 1.29 is 9.53 Å². The van der Waals surface area contributed by atoms with Crippen LogP contribution in [-0.2, 0) is 4.74 Å². The van der Waals surface area contributed by atoms with Gasteiger partial charge in [-0.25, -0.2) is 0 Å². The van der Waals surface area contributed by atoms with Crippen LogP contribution in [0.3, 0.4) is 0 Å². The average Bonchev–Trinajstić information content (AvgIpc) is 2.55. The molecule has 0 aliphatic heterocycles. The molecule has 1 aromatic heterocycles. The molecule has 0 radical (unpaired) electrons. The van der Waals surface area contributed by atoms with Gasteiger partial charge in [0.05, 0.1) is 5.52 Å². The first-order valence-corrected chi connectivity index (χ1v) is 7.65. The van der Waals surface area contributed by atoms with Gasteiger partial charge in [-0.05, 0) is 55.9 Å². The highest BCUT2D eigenvalue weighted by Crippen LogP contribution is 2.35. The van der Waals surface area contributed by atoms with Crippen LogP contribution >= 0.6 is 0 Å². The van der Waals surface area contributed by atoms with Crippen molar-refractivity contribution in [2.75, 3.05) is 13.7 Å². The molecule has 0 amide bonds. The van der Waals surface area contributed by atoms with E-state index in [0.717, 1.165) is 23.8 Å². The van der Waals surface area contributed by atoms with Gasteiger partial charge in [0.2, 0.25) is 0 Å². The number of fused-ring (bicyclic) bond motifs is 1. The number of aldehydes is 1. The van der Waals surface area contributed by atoms with E-state index in [4.69, 9.17) is 9.72 Å². The van der Waals surface area contributed by atoms with Gasteiger partial charge in [-0.3, -0.25) is 9.78 Å². The minimum absolute atomic E-state index is 0.563. The topological polar surface area (TPSA) is 39.2 Å². The molecule has 0 atom stereocenters. The zero-order valence-electron chi connectivity index (χ0n) is 12.4. The molecule has 3 nitrogen and oxygen atoms in total. The molecule has 3 heteroatoms. The van der Waals surface area contributed by atoms with Crippen LogP contribution in [0.2, 0.25) is 0 Å². The molecule has 110 valence electrons. The number of carbonyl (C=O) groups excluding carboxylic acids is 1. The third-order valence-electron chi connectivity index (χ3n) is 4.54. The largest absolute Gasteiger partial charge is 0.384 e. The number of hydrogen-bond acceptors (Lipinski definition) is 3. The lowest BCUT2D eigenvalue weighted by atomic mass is 9.80. The third-order valence-corrected chi connectivity index (χ3v) is 4.54. The Balaban J connectivity index is 1.77. The van der Waals surface area contributed by atoms with Gasteiger partial charge in [0.1, 0.15) is 6.29 Å². The maximum Gasteiger partial charge on any atom is 0.150 e. The Bertz CT molecular complexity index is 630. The summed E-state index contributed by atoms with van der Waals surface area (Å²) >= 11 is 0. The van der Waals surface area contributed by atoms with E-state index >= 15 is 0 Å². The highest BCUT2D eigenvalue weighted by Gasteiger charge is 2.23. The molecule has 0 N–H and O–H groups in total. The molecule has 1 aliphatic rings. The highest BCUT2D eigenvalue weighted by molar-refractivity contribution is 5.86. The van der Waals surface area contributed by atoms with Crippen molar-refractivity contribution in [1.29, 1.82) is 0 Å². The quantitative estimate of drug-likeness (QED) is 0.797. The van der Waals surface area contributed by atoms with Crippen molar-refractivity contribution >= 4 is 17.2 Å². The van der Waals surface area contributed by atoms with Crippen LogP contribution in [0, 0.1) is 5.92 Å². The second kappa shape index (κ2) is 6.35. The van der Waals surface area contributed by atoms with Crippen molar-refractivity contribution in [2.24, 2.45) is 5.92 Å². The summed E-state index contributed by atoms with van der Waals surface area (Å²) in [6, 6.07) is 9.89. The first-order chi connectivity index (χ1) is 10.3. The molecule has 0 saturated heterocycles. The fraction of sp³-hybridized carbons (Fsp3) is 0.444. The summed E-state index contributed by atoms with van der Waals surface area (Å²) in [6.07, 6.45) is 5.72. The van der Waals surface area contributed by atoms with Crippen LogP contribution in [0.25, 0.3) is 10.9 Å². The lowest BCUT2D eigenvalue weighted by Gasteiger charge is -2.27. The minimum Gasteiger partial charge on any atom is -0.384 e. The fourth-order valence-corrected chi connectivity index (χ4v) is 3.32. The zero-order chi connectivity index (χ0) is 14.7. The molecular weight excluding hydrogens is 262 g/mol. The molecule has 1 heterocycles. The number of ether oxygens (including phenoxy) is 1. The van der Waals surface area contributed by atoms with E-state index < -0.39 is 0 Å². The van der Waals surface area contributed by atoms with E-state index in [1.165, 1.54) is 31.4 Å². The number of methoxy groups -OCH3 is 1. The summed E-state index contributed by atoms with van der Waals surface area (Å²) in [7, 11) is 1.78. The van der Waals surface area contributed by atoms with E-state index in [9.17, 15) is 4.79 Å². The van der Waals surface area contributed by atoms with Crippen molar-refractivity contribution in [1.82, 2.24) is 4.98 Å². The van der Waals surface area contributed by atoms with Crippen LogP contribution in [0.4, 0.5) is 0 Å². The van der Waals surface area contributed by atoms with E-state index in [0.29, 0.717) is 17.4 Å². The number of rotatable bonds is 4. The van der Waals surface area contributed by atoms with Gasteiger partial charge >= 0.3 is 0 Å². The van der Waals surface area contributed by atoms with Crippen LogP contribution < -0.4 is 0 Å². The van der Waals surface area contributed by atoms with Gasteiger partial charge in [-0.1, -0.05) is 6.07 Å². The Hall–Kier alpha value is -1.74. The predicted molar refractivity (Wildman–Crippen MR) is 83.7 cm³/mol. The molecule has 1 aromatic carbocycles. The number of nitrogens with zero attached hydrogens (tertiary/aromatic N) is 1. The molecule has 1 saturated carbocycles. The maximum absolute atomic E-state index is 10.8. The smallest absolute Gasteiger partial charge is 0.150 e. The SMILES string of the molecule is COCC1CCC(c2ccc3cc(C=O)ccc3n2)CC1. The number of pyridine rings is 1. The molecule has 1 fully saturated rings. The molecule has 0 spiro atoms. The molecule has 1 aliphatic carbocycles. The number of hydrogen-bond donors (Lipinski definition) is 0. The predicted octanol–water partition coefficient (Wildman–Crippen LogP) is 3.97. The first-order valence-electron chi connectivity index (χ1n) is 7.65. The Labute approximate surface area is 125 Å². The summed E-state index contributed by atoms with van der Waals surface area (Å²) in [5.74, 6) is 1.27. The molecule has 3 rings (SSSR count). The van der Waals surface area contributed by atoms with Gasteiger partial charge in [0.25, 0.3) is 0 Å². The van der Waals surface area contributed by atoms with E-state index in [1.807, 2.05) is 18.2 Å². The van der Waals surface area contributed by atoms with Gasteiger partial charge in [0, 0.05) is 36.3 Å². The van der Waals surface area contributed by atoms with Crippen molar-refractivity contribution in [3.63, 3.8) is 0 Å². The zero-order valence-corrected chi connectivity index (χ0v) is 12.4. The van der Waals surface area contributed by atoms with Crippen molar-refractivity contribution in [2.45, 2.75) is 31.6 Å². The summed E-state index contributed by atoms with van der Waals surface area (Å²) in [5, 5.41) is 1.04. The molecule has 0 bridgehead atoms. The van der Waals surface area contributed by atoms with Gasteiger partial charge in [-0.2, -0.15) is 0 Å². The minimum atomic E-state index is 0.563. The highest BCUT2D eigenvalue weighted by atomic mass is 16.5. The van der Waals surface area contributed by atoms with Gasteiger partial charge in [-0.15, -0.1) is 0 Å². The summed E-state index contributed by atoms with van der Waals surface area (Å²) in [6.45, 7) is 0.881. The second-order valence-electron chi connectivity index (χ2n) is 5.98. The third kappa shape index (κ3) is 3.13. The van der Waals surface area contributed by atoms with Crippen LogP contribution in [-0.4, -0.2) is 25.0 Å². The van der Waals surface area contributed by atoms with E-state index in [1.54, 1.807) is 7.11 Å². The van der Waals surface area contributed by atoms with Gasteiger partial charge < -0.3 is 4.74 Å². The van der Waals surface area contributed by atoms with Crippen LogP contribution in [0.1, 0.15) is 47.7 Å². The molecular formula is C18H21NO2. The van der Waals surface area contributed by atoms with Crippen LogP contribution in [0.5, 0.6) is 0 Å². The van der Waals surface area contributed by atoms with Crippen molar-refractivity contribution in [3.8, 4) is 0 Å². The standard InChI is InChI=1S/C18H21NO2/c1-21-12-13-2-5-15(6-3-13)17-9-7-16-10-14(11-20)4-8-18(16)19-17/h4,7-11,13,15H,2-3,5-6,12H2,1H3. The Morgan fingerprint density at radius 2 is 2.00 bits per heavy atom. The molecule has 21 heavy (non-hydrogen) atoms. The number of aromatic nitrogens is 1. The van der Waals surface area contributed by atoms with Crippen molar-refractivity contribution in [3.05, 3.63) is 41.6 Å². The van der Waals surface area contributed by atoms with E-state index in [2.05, 4.69) is 12.1 Å². The Kier molecular flexibility index (Phi) is 4.30. The monoisotopic (exact) mass is 283 g/mol. The summed E-state index contributed by atoms with van der Waals surface area (Å²) in [4.78, 5) is 15.6. The first kappa shape index (κ1) is 14.2. The maximum atomic E-state index is 10.8. The number of carbonyl (C=O) groups is 1.